The van der Waals surface area contributed by atoms with Crippen molar-refractivity contribution in [2.24, 2.45) is 0 Å². The number of hydrogen-bond donors (Lipinski definition) is 3. The molecule has 3 N–H and O–H groups in total. The average Bonchev–Trinajstić information content (AvgIpc) is 2.69. The molecule has 2 amide bonds. The lowest BCUT2D eigenvalue weighted by Gasteiger charge is -2.09. The van der Waals surface area contributed by atoms with Crippen molar-refractivity contribution >= 4 is 29.2 Å². The van der Waals surface area contributed by atoms with Crippen molar-refractivity contribution in [1.82, 2.24) is 15.0 Å². The molecule has 1 aromatic carbocycles. The topological polar surface area (TPSA) is 134 Å². The first-order valence-electron chi connectivity index (χ1n) is 7.71. The minimum atomic E-state index is -1.36. The lowest BCUT2D eigenvalue weighted by molar-refractivity contribution is 0.0684. The van der Waals surface area contributed by atoms with Crippen LogP contribution in [-0.4, -0.2) is 37.8 Å². The Morgan fingerprint density at radius 3 is 2.11 bits per heavy atom. The minimum absolute atomic E-state index is 0.310. The summed E-state index contributed by atoms with van der Waals surface area (Å²) in [5, 5.41) is 14.3. The van der Waals surface area contributed by atoms with Crippen molar-refractivity contribution in [3.8, 4) is 0 Å². The molecule has 9 heteroatoms. The number of hydrogen-bond acceptors (Lipinski definition) is 6. The van der Waals surface area contributed by atoms with Gasteiger partial charge in [0.05, 0.1) is 5.56 Å². The van der Waals surface area contributed by atoms with Crippen LogP contribution < -0.4 is 10.6 Å². The number of amides is 2. The van der Waals surface area contributed by atoms with Gasteiger partial charge in [-0.05, 0) is 30.3 Å². The summed E-state index contributed by atoms with van der Waals surface area (Å²) < 4.78 is 0. The number of carboxylic acid groups (broad SMARTS) is 1. The van der Waals surface area contributed by atoms with E-state index in [9.17, 15) is 14.4 Å². The molecule has 0 radical (unpaired) electrons. The van der Waals surface area contributed by atoms with Gasteiger partial charge in [-0.2, -0.15) is 0 Å². The molecular weight excluding hydrogens is 350 g/mol. The summed E-state index contributed by atoms with van der Waals surface area (Å²) in [5.74, 6) is -2.43. The van der Waals surface area contributed by atoms with Gasteiger partial charge in [-0.25, -0.2) is 14.8 Å². The molecule has 0 aliphatic carbocycles. The molecule has 2 heterocycles. The Balaban J connectivity index is 1.76. The summed E-state index contributed by atoms with van der Waals surface area (Å²) in [6.07, 6.45) is 5.41. The van der Waals surface area contributed by atoms with Gasteiger partial charge in [0, 0.05) is 36.2 Å². The number of nitrogens with zero attached hydrogens (tertiary/aromatic N) is 3. The molecule has 0 aliphatic rings. The highest BCUT2D eigenvalue weighted by Gasteiger charge is 2.19. The SMILES string of the molecule is O=C(Nc1cccc(NC(=O)c2nccnc2C(=O)O)c1)c1cccnc1. The molecule has 0 saturated carbocycles. The van der Waals surface area contributed by atoms with E-state index in [1.165, 1.54) is 24.7 Å². The zero-order chi connectivity index (χ0) is 19.2. The van der Waals surface area contributed by atoms with Gasteiger partial charge in [0.15, 0.2) is 11.4 Å². The van der Waals surface area contributed by atoms with Crippen molar-refractivity contribution in [2.45, 2.75) is 0 Å². The predicted molar refractivity (Wildman–Crippen MR) is 95.6 cm³/mol. The number of aromatic nitrogens is 3. The van der Waals surface area contributed by atoms with Crippen LogP contribution in [0.15, 0.2) is 61.2 Å². The Hall–Kier alpha value is -4.14. The third kappa shape index (κ3) is 4.28. The molecule has 0 saturated heterocycles. The van der Waals surface area contributed by atoms with Gasteiger partial charge in [-0.3, -0.25) is 14.6 Å². The van der Waals surface area contributed by atoms with Crippen molar-refractivity contribution in [1.29, 1.82) is 0 Å². The Labute approximate surface area is 153 Å². The number of carbonyl (C=O) groups excluding carboxylic acids is 2. The number of pyridine rings is 1. The maximum absolute atomic E-state index is 12.3. The second-order valence-corrected chi connectivity index (χ2v) is 5.29. The molecule has 0 bridgehead atoms. The van der Waals surface area contributed by atoms with Crippen LogP contribution in [0.4, 0.5) is 11.4 Å². The minimum Gasteiger partial charge on any atom is -0.476 e. The standard InChI is InChI=1S/C18H13N5O4/c24-16(11-3-2-6-19-10-11)22-12-4-1-5-13(9-12)23-17(25)14-15(18(26)27)21-8-7-20-14/h1-10H,(H,22,24)(H,23,25)(H,26,27). The maximum atomic E-state index is 12.3. The molecule has 0 aliphatic heterocycles. The molecule has 9 nitrogen and oxygen atoms in total. The number of anilines is 2. The Kier molecular flexibility index (Phi) is 5.12. The molecule has 0 fully saturated rings. The number of carboxylic acids is 1. The van der Waals surface area contributed by atoms with Crippen LogP contribution in [0.25, 0.3) is 0 Å². The smallest absolute Gasteiger partial charge is 0.356 e. The van der Waals surface area contributed by atoms with E-state index >= 15 is 0 Å². The van der Waals surface area contributed by atoms with E-state index in [1.807, 2.05) is 0 Å². The summed E-state index contributed by atoms with van der Waals surface area (Å²) in [5.41, 5.74) is 0.425. The fourth-order valence-corrected chi connectivity index (χ4v) is 2.23. The highest BCUT2D eigenvalue weighted by molar-refractivity contribution is 6.09. The number of nitrogens with one attached hydrogen (secondary N) is 2. The maximum Gasteiger partial charge on any atom is 0.356 e. The van der Waals surface area contributed by atoms with Gasteiger partial charge in [0.25, 0.3) is 11.8 Å². The molecule has 134 valence electrons. The molecular formula is C18H13N5O4. The summed E-state index contributed by atoms with van der Waals surface area (Å²) in [7, 11) is 0. The molecule has 0 atom stereocenters. The van der Waals surface area contributed by atoms with Crippen molar-refractivity contribution in [2.75, 3.05) is 10.6 Å². The van der Waals surface area contributed by atoms with Crippen LogP contribution in [-0.2, 0) is 0 Å². The first-order chi connectivity index (χ1) is 13.0. The Morgan fingerprint density at radius 1 is 0.815 bits per heavy atom. The zero-order valence-electron chi connectivity index (χ0n) is 13.8. The van der Waals surface area contributed by atoms with E-state index in [0.29, 0.717) is 16.9 Å². The van der Waals surface area contributed by atoms with E-state index < -0.39 is 17.6 Å². The first-order valence-corrected chi connectivity index (χ1v) is 7.71. The average molecular weight is 363 g/mol. The van der Waals surface area contributed by atoms with Gasteiger partial charge < -0.3 is 15.7 Å². The van der Waals surface area contributed by atoms with Crippen LogP contribution in [0.1, 0.15) is 31.3 Å². The number of carbonyl (C=O) groups is 3. The van der Waals surface area contributed by atoms with Gasteiger partial charge in [-0.1, -0.05) is 6.07 Å². The Morgan fingerprint density at radius 2 is 1.48 bits per heavy atom. The van der Waals surface area contributed by atoms with Crippen LogP contribution >= 0.6 is 0 Å². The molecule has 3 rings (SSSR count). The van der Waals surface area contributed by atoms with Gasteiger partial charge >= 0.3 is 5.97 Å². The zero-order valence-corrected chi connectivity index (χ0v) is 13.8. The molecule has 0 unspecified atom stereocenters. The van der Waals surface area contributed by atoms with E-state index in [-0.39, 0.29) is 11.6 Å². The fraction of sp³-hybridized carbons (Fsp3) is 0. The van der Waals surface area contributed by atoms with Crippen molar-refractivity contribution in [3.05, 3.63) is 78.1 Å². The number of rotatable bonds is 5. The van der Waals surface area contributed by atoms with Crippen LogP contribution in [0.5, 0.6) is 0 Å². The molecule has 27 heavy (non-hydrogen) atoms. The molecule has 3 aromatic rings. The van der Waals surface area contributed by atoms with E-state index in [1.54, 1.807) is 36.5 Å². The summed E-state index contributed by atoms with van der Waals surface area (Å²) in [6, 6.07) is 9.66. The first kappa shape index (κ1) is 17.7. The van der Waals surface area contributed by atoms with Gasteiger partial charge in [0.1, 0.15) is 0 Å². The third-order valence-electron chi connectivity index (χ3n) is 3.42. The highest BCUT2D eigenvalue weighted by atomic mass is 16.4. The lowest BCUT2D eigenvalue weighted by Crippen LogP contribution is -2.19. The van der Waals surface area contributed by atoms with Gasteiger partial charge in [-0.15, -0.1) is 0 Å². The fourth-order valence-electron chi connectivity index (χ4n) is 2.23. The predicted octanol–water partition coefficient (Wildman–Crippen LogP) is 2.07. The third-order valence-corrected chi connectivity index (χ3v) is 3.42. The highest BCUT2D eigenvalue weighted by Crippen LogP contribution is 2.17. The second-order valence-electron chi connectivity index (χ2n) is 5.29. The quantitative estimate of drug-likeness (QED) is 0.631. The normalized spacial score (nSPS) is 10.1. The Bertz CT molecular complexity index is 1010. The van der Waals surface area contributed by atoms with E-state index in [2.05, 4.69) is 25.6 Å². The summed E-state index contributed by atoms with van der Waals surface area (Å²) in [4.78, 5) is 46.9. The summed E-state index contributed by atoms with van der Waals surface area (Å²) in [6.45, 7) is 0. The van der Waals surface area contributed by atoms with E-state index in [0.717, 1.165) is 0 Å². The number of benzene rings is 1. The van der Waals surface area contributed by atoms with Crippen LogP contribution in [0.3, 0.4) is 0 Å². The monoisotopic (exact) mass is 363 g/mol. The molecule has 2 aromatic heterocycles. The van der Waals surface area contributed by atoms with Gasteiger partial charge in [0.2, 0.25) is 0 Å². The molecule has 0 spiro atoms. The van der Waals surface area contributed by atoms with Crippen molar-refractivity contribution < 1.29 is 19.5 Å². The van der Waals surface area contributed by atoms with E-state index in [4.69, 9.17) is 5.11 Å². The summed E-state index contributed by atoms with van der Waals surface area (Å²) >= 11 is 0. The largest absolute Gasteiger partial charge is 0.476 e. The second kappa shape index (κ2) is 7.83. The van der Waals surface area contributed by atoms with Crippen LogP contribution in [0.2, 0.25) is 0 Å². The van der Waals surface area contributed by atoms with Crippen LogP contribution in [0, 0.1) is 0 Å². The lowest BCUT2D eigenvalue weighted by atomic mass is 10.2. The number of aromatic carboxylic acids is 1. The van der Waals surface area contributed by atoms with Crippen molar-refractivity contribution in [3.63, 3.8) is 0 Å².